The number of thiocarbonyl (C=S) groups is 1. The Morgan fingerprint density at radius 3 is 2.63 bits per heavy atom. The van der Waals surface area contributed by atoms with Crippen molar-refractivity contribution in [3.8, 4) is 0 Å². The summed E-state index contributed by atoms with van der Waals surface area (Å²) in [5.41, 5.74) is 4.67. The van der Waals surface area contributed by atoms with Crippen molar-refractivity contribution in [2.24, 2.45) is 0 Å². The molecule has 6 heteroatoms. The third kappa shape index (κ3) is 3.27. The molecule has 3 rings (SSSR count). The maximum Gasteiger partial charge on any atom is 0.265 e. The number of hydrogen-bond donors (Lipinski definition) is 1. The maximum absolute atomic E-state index is 12.5. The van der Waals surface area contributed by atoms with Crippen LogP contribution in [-0.4, -0.2) is 41.0 Å². The summed E-state index contributed by atoms with van der Waals surface area (Å²) < 4.78 is 0. The summed E-state index contributed by atoms with van der Waals surface area (Å²) in [6.07, 6.45) is 2.75. The molecule has 1 aromatic rings. The molecule has 0 aliphatic carbocycles. The fraction of sp³-hybridized carbons (Fsp3) is 0.476. The first-order chi connectivity index (χ1) is 12.6. The van der Waals surface area contributed by atoms with E-state index < -0.39 is 5.91 Å². The molecule has 1 saturated heterocycles. The molecule has 0 spiro atoms. The summed E-state index contributed by atoms with van der Waals surface area (Å²) in [6, 6.07) is 4.32. The van der Waals surface area contributed by atoms with Gasteiger partial charge in [-0.3, -0.25) is 19.8 Å². The quantitative estimate of drug-likeness (QED) is 0.482. The van der Waals surface area contributed by atoms with Gasteiger partial charge in [-0.15, -0.1) is 0 Å². The molecule has 0 bridgehead atoms. The summed E-state index contributed by atoms with van der Waals surface area (Å²) in [5.74, 6) is -0.406. The van der Waals surface area contributed by atoms with Crippen molar-refractivity contribution in [2.75, 3.05) is 18.5 Å². The summed E-state index contributed by atoms with van der Waals surface area (Å²) in [4.78, 5) is 28.5. The topological polar surface area (TPSA) is 52.7 Å². The highest BCUT2D eigenvalue weighted by atomic mass is 32.1. The van der Waals surface area contributed by atoms with E-state index >= 15 is 0 Å². The lowest BCUT2D eigenvalue weighted by Crippen LogP contribution is -2.52. The number of nitrogens with one attached hydrogen (secondary N) is 1. The molecule has 2 aliphatic heterocycles. The van der Waals surface area contributed by atoms with Gasteiger partial charge in [-0.05, 0) is 87.2 Å². The number of rotatable bonds is 2. The van der Waals surface area contributed by atoms with Crippen LogP contribution < -0.4 is 10.2 Å². The number of aryl methyl sites for hydroxylation is 1. The Morgan fingerprint density at radius 2 is 2.00 bits per heavy atom. The number of carbonyl (C=O) groups excluding carboxylic acids is 2. The molecule has 144 valence electrons. The molecule has 1 fully saturated rings. The number of likely N-dealkylation sites (N-methyl/N-ethyl adjacent to an activating group) is 1. The minimum atomic E-state index is -0.440. The highest BCUT2D eigenvalue weighted by Crippen LogP contribution is 2.44. The van der Waals surface area contributed by atoms with Gasteiger partial charge in [-0.25, -0.2) is 0 Å². The average molecular weight is 386 g/mol. The molecule has 2 amide bonds. The van der Waals surface area contributed by atoms with Crippen LogP contribution in [0, 0.1) is 6.92 Å². The predicted octanol–water partition coefficient (Wildman–Crippen LogP) is 3.36. The average Bonchev–Trinajstić information content (AvgIpc) is 2.57. The van der Waals surface area contributed by atoms with Gasteiger partial charge in [0.15, 0.2) is 5.11 Å². The molecule has 1 atom stereocenters. The lowest BCUT2D eigenvalue weighted by atomic mass is 9.79. The number of amides is 2. The van der Waals surface area contributed by atoms with Gasteiger partial charge in [0.1, 0.15) is 5.57 Å². The molecule has 2 aliphatic rings. The Morgan fingerprint density at radius 1 is 1.33 bits per heavy atom. The monoisotopic (exact) mass is 385 g/mol. The van der Waals surface area contributed by atoms with Gasteiger partial charge < -0.3 is 4.90 Å². The van der Waals surface area contributed by atoms with Crippen LogP contribution in [0.25, 0.3) is 6.08 Å². The lowest BCUT2D eigenvalue weighted by molar-refractivity contribution is -0.128. The van der Waals surface area contributed by atoms with E-state index in [0.717, 1.165) is 24.1 Å². The summed E-state index contributed by atoms with van der Waals surface area (Å²) in [5, 5.41) is 2.71. The first-order valence-electron chi connectivity index (χ1n) is 9.34. The molecule has 2 heterocycles. The molecule has 0 radical (unpaired) electrons. The Balaban J connectivity index is 2.10. The summed E-state index contributed by atoms with van der Waals surface area (Å²) in [6.45, 7) is 11.9. The van der Waals surface area contributed by atoms with E-state index in [4.69, 9.17) is 12.2 Å². The Labute approximate surface area is 166 Å². The van der Waals surface area contributed by atoms with E-state index in [1.54, 1.807) is 13.1 Å². The number of carbonyl (C=O) groups is 2. The maximum atomic E-state index is 12.5. The molecular formula is C21H27N3O2S. The molecule has 5 nitrogen and oxygen atoms in total. The minimum Gasteiger partial charge on any atom is -0.366 e. The lowest BCUT2D eigenvalue weighted by Gasteiger charge is -2.47. The molecular weight excluding hydrogens is 358 g/mol. The highest BCUT2D eigenvalue weighted by Gasteiger charge is 2.36. The number of nitrogens with zero attached hydrogens (tertiary/aromatic N) is 2. The van der Waals surface area contributed by atoms with E-state index in [9.17, 15) is 9.59 Å². The largest absolute Gasteiger partial charge is 0.366 e. The molecule has 1 aromatic carbocycles. The first-order valence-corrected chi connectivity index (χ1v) is 9.75. The minimum absolute atomic E-state index is 0.102. The normalized spacial score (nSPS) is 23.6. The van der Waals surface area contributed by atoms with Gasteiger partial charge in [0.25, 0.3) is 11.8 Å². The Bertz CT molecular complexity index is 872. The number of anilines is 1. The first kappa shape index (κ1) is 19.5. The van der Waals surface area contributed by atoms with Crippen molar-refractivity contribution in [3.05, 3.63) is 34.4 Å². The number of fused-ring (bicyclic) bond motifs is 1. The van der Waals surface area contributed by atoms with Crippen molar-refractivity contribution in [3.63, 3.8) is 0 Å². The van der Waals surface area contributed by atoms with Crippen LogP contribution >= 0.6 is 12.2 Å². The number of hydrogen-bond acceptors (Lipinski definition) is 4. The van der Waals surface area contributed by atoms with Gasteiger partial charge in [0.2, 0.25) is 0 Å². The highest BCUT2D eigenvalue weighted by molar-refractivity contribution is 7.80. The van der Waals surface area contributed by atoms with Crippen LogP contribution in [0.5, 0.6) is 0 Å². The summed E-state index contributed by atoms with van der Waals surface area (Å²) in [7, 11) is 1.57. The fourth-order valence-corrected chi connectivity index (χ4v) is 4.48. The van der Waals surface area contributed by atoms with Crippen LogP contribution in [0.15, 0.2) is 17.7 Å². The van der Waals surface area contributed by atoms with Crippen molar-refractivity contribution < 1.29 is 9.59 Å². The Kier molecular flexibility index (Phi) is 4.89. The summed E-state index contributed by atoms with van der Waals surface area (Å²) >= 11 is 5.01. The van der Waals surface area contributed by atoms with Crippen molar-refractivity contribution in [2.45, 2.75) is 52.5 Å². The third-order valence-electron chi connectivity index (χ3n) is 5.69. The second-order valence-electron chi connectivity index (χ2n) is 8.11. The van der Waals surface area contributed by atoms with E-state index in [1.165, 1.54) is 16.2 Å². The molecule has 0 saturated carbocycles. The smallest absolute Gasteiger partial charge is 0.265 e. The van der Waals surface area contributed by atoms with Gasteiger partial charge in [0, 0.05) is 24.8 Å². The van der Waals surface area contributed by atoms with Crippen molar-refractivity contribution in [1.29, 1.82) is 0 Å². The van der Waals surface area contributed by atoms with Gasteiger partial charge in [0.05, 0.1) is 0 Å². The van der Waals surface area contributed by atoms with Crippen molar-refractivity contribution in [1.82, 2.24) is 10.2 Å². The fourth-order valence-electron chi connectivity index (χ4n) is 4.31. The van der Waals surface area contributed by atoms with Crippen LogP contribution in [0.4, 0.5) is 5.69 Å². The zero-order valence-electron chi connectivity index (χ0n) is 16.8. The van der Waals surface area contributed by atoms with Gasteiger partial charge in [-0.1, -0.05) is 6.92 Å². The van der Waals surface area contributed by atoms with E-state index in [1.807, 2.05) is 6.92 Å². The van der Waals surface area contributed by atoms with Crippen molar-refractivity contribution >= 4 is 40.9 Å². The molecule has 0 unspecified atom stereocenters. The van der Waals surface area contributed by atoms with Crippen LogP contribution in [0.3, 0.4) is 0 Å². The van der Waals surface area contributed by atoms with Gasteiger partial charge >= 0.3 is 0 Å². The van der Waals surface area contributed by atoms with Crippen LogP contribution in [0.2, 0.25) is 0 Å². The van der Waals surface area contributed by atoms with E-state index in [2.05, 4.69) is 50.0 Å². The molecule has 27 heavy (non-hydrogen) atoms. The second kappa shape index (κ2) is 6.75. The third-order valence-corrected chi connectivity index (χ3v) is 6.07. The standard InChI is InChI=1S/C21H27N3O2S/c1-7-24-17-8-12(2)14(9-15(17)13(3)11-21(24,4)5)10-16-18(25)22-20(27)23(6)19(16)26/h8-10,13H,7,11H2,1-6H3,(H,22,25,27)/b16-10+/t13-/m1/s1. The Hall–Kier alpha value is -2.21. The number of benzene rings is 1. The SMILES string of the molecule is CCN1c2cc(C)c(/C=C3\C(=O)NC(=S)N(C)C3=O)cc2[C@H](C)CC1(C)C. The van der Waals surface area contributed by atoms with Crippen LogP contribution in [0.1, 0.15) is 56.7 Å². The van der Waals surface area contributed by atoms with E-state index in [0.29, 0.717) is 5.92 Å². The zero-order valence-corrected chi connectivity index (χ0v) is 17.7. The predicted molar refractivity (Wildman–Crippen MR) is 113 cm³/mol. The zero-order chi connectivity index (χ0) is 20.1. The van der Waals surface area contributed by atoms with Gasteiger partial charge in [-0.2, -0.15) is 0 Å². The molecule has 1 N–H and O–H groups in total. The van der Waals surface area contributed by atoms with E-state index in [-0.39, 0.29) is 22.1 Å². The van der Waals surface area contributed by atoms with Crippen LogP contribution in [-0.2, 0) is 9.59 Å². The second-order valence-corrected chi connectivity index (χ2v) is 8.50. The molecule has 0 aromatic heterocycles.